The van der Waals surface area contributed by atoms with Gasteiger partial charge in [-0.2, -0.15) is 9.40 Å². The molecule has 1 fully saturated rings. The average Bonchev–Trinajstić information content (AvgIpc) is 3.19. The molecule has 0 aliphatic carbocycles. The Bertz CT molecular complexity index is 799. The summed E-state index contributed by atoms with van der Waals surface area (Å²) in [5.74, 6) is 0. The van der Waals surface area contributed by atoms with Gasteiger partial charge in [0.2, 0.25) is 10.0 Å². The lowest BCUT2D eigenvalue weighted by Gasteiger charge is -2.30. The molecule has 3 rings (SSSR count). The number of ether oxygens (including phenoxy) is 2. The van der Waals surface area contributed by atoms with Crippen molar-refractivity contribution in [2.24, 2.45) is 0 Å². The van der Waals surface area contributed by atoms with E-state index < -0.39 is 10.0 Å². The molecule has 1 aromatic carbocycles. The van der Waals surface area contributed by atoms with Crippen molar-refractivity contribution in [3.63, 3.8) is 0 Å². The normalized spacial score (nSPS) is 16.6. The van der Waals surface area contributed by atoms with Gasteiger partial charge in [0.15, 0.2) is 0 Å². The molecule has 1 aromatic heterocycles. The van der Waals surface area contributed by atoms with Gasteiger partial charge >= 0.3 is 0 Å². The minimum absolute atomic E-state index is 0.0788. The van der Waals surface area contributed by atoms with Crippen LogP contribution in [-0.4, -0.2) is 54.9 Å². The third-order valence-corrected chi connectivity index (χ3v) is 6.52. The summed E-state index contributed by atoms with van der Waals surface area (Å²) in [6.07, 6.45) is 4.47. The Kier molecular flexibility index (Phi) is 7.01. The first-order chi connectivity index (χ1) is 13.1. The van der Waals surface area contributed by atoms with Gasteiger partial charge in [0, 0.05) is 25.8 Å². The second-order valence-corrected chi connectivity index (χ2v) is 8.48. The summed E-state index contributed by atoms with van der Waals surface area (Å²) in [6, 6.07) is 10.0. The zero-order chi connectivity index (χ0) is 19.1. The first-order valence-corrected chi connectivity index (χ1v) is 10.8. The van der Waals surface area contributed by atoms with Crippen molar-refractivity contribution in [3.8, 4) is 0 Å². The number of piperidine rings is 1. The SMILES string of the molecule is CCn1cc(S(=O)(=O)N2CCC(OCCOCc3ccccc3)CC2)cn1. The highest BCUT2D eigenvalue weighted by molar-refractivity contribution is 7.89. The van der Waals surface area contributed by atoms with Crippen LogP contribution in [0.25, 0.3) is 0 Å². The molecule has 0 radical (unpaired) electrons. The molecule has 0 N–H and O–H groups in total. The van der Waals surface area contributed by atoms with Crippen LogP contribution in [0.15, 0.2) is 47.6 Å². The van der Waals surface area contributed by atoms with Gasteiger partial charge < -0.3 is 9.47 Å². The molecule has 1 saturated heterocycles. The molecule has 8 heteroatoms. The van der Waals surface area contributed by atoms with E-state index in [1.165, 1.54) is 10.5 Å². The predicted molar refractivity (Wildman–Crippen MR) is 102 cm³/mol. The van der Waals surface area contributed by atoms with E-state index in [1.807, 2.05) is 37.3 Å². The van der Waals surface area contributed by atoms with Gasteiger partial charge in [0.25, 0.3) is 0 Å². The predicted octanol–water partition coefficient (Wildman–Crippen LogP) is 2.29. The van der Waals surface area contributed by atoms with E-state index in [1.54, 1.807) is 10.9 Å². The van der Waals surface area contributed by atoms with Crippen LogP contribution >= 0.6 is 0 Å². The lowest BCUT2D eigenvalue weighted by atomic mass is 10.1. The maximum absolute atomic E-state index is 12.7. The van der Waals surface area contributed by atoms with Crippen LogP contribution in [0.4, 0.5) is 0 Å². The van der Waals surface area contributed by atoms with Crippen molar-refractivity contribution in [2.75, 3.05) is 26.3 Å². The number of rotatable bonds is 9. The average molecular weight is 394 g/mol. The Morgan fingerprint density at radius 1 is 1.15 bits per heavy atom. The molecule has 2 aromatic rings. The third kappa shape index (κ3) is 5.38. The molecule has 1 aliphatic rings. The summed E-state index contributed by atoms with van der Waals surface area (Å²) in [7, 11) is -3.46. The van der Waals surface area contributed by atoms with E-state index in [2.05, 4.69) is 5.10 Å². The first kappa shape index (κ1) is 20.0. The topological polar surface area (TPSA) is 73.7 Å². The molecular formula is C19H27N3O4S. The van der Waals surface area contributed by atoms with Gasteiger partial charge in [-0.15, -0.1) is 0 Å². The summed E-state index contributed by atoms with van der Waals surface area (Å²) in [6.45, 7) is 5.14. The van der Waals surface area contributed by atoms with Crippen LogP contribution in [0.2, 0.25) is 0 Å². The summed E-state index contributed by atoms with van der Waals surface area (Å²) >= 11 is 0. The van der Waals surface area contributed by atoms with E-state index in [9.17, 15) is 8.42 Å². The Morgan fingerprint density at radius 2 is 1.89 bits per heavy atom. The fraction of sp³-hybridized carbons (Fsp3) is 0.526. The second kappa shape index (κ2) is 9.45. The lowest BCUT2D eigenvalue weighted by Crippen LogP contribution is -2.41. The molecule has 0 amide bonds. The van der Waals surface area contributed by atoms with Crippen LogP contribution < -0.4 is 0 Å². The van der Waals surface area contributed by atoms with E-state index in [4.69, 9.17) is 9.47 Å². The molecule has 0 spiro atoms. The molecule has 0 bridgehead atoms. The number of aryl methyl sites for hydroxylation is 1. The van der Waals surface area contributed by atoms with Crippen LogP contribution in [0.1, 0.15) is 25.3 Å². The Balaban J connectivity index is 1.37. The largest absolute Gasteiger partial charge is 0.376 e. The highest BCUT2D eigenvalue weighted by Gasteiger charge is 2.30. The summed E-state index contributed by atoms with van der Waals surface area (Å²) in [5, 5.41) is 4.06. The Morgan fingerprint density at radius 3 is 2.56 bits per heavy atom. The van der Waals surface area contributed by atoms with Crippen LogP contribution in [-0.2, 0) is 32.6 Å². The maximum Gasteiger partial charge on any atom is 0.246 e. The highest BCUT2D eigenvalue weighted by Crippen LogP contribution is 2.21. The number of aromatic nitrogens is 2. The van der Waals surface area contributed by atoms with Crippen molar-refractivity contribution in [1.29, 1.82) is 0 Å². The monoisotopic (exact) mass is 393 g/mol. The fourth-order valence-electron chi connectivity index (χ4n) is 3.08. The smallest absolute Gasteiger partial charge is 0.246 e. The van der Waals surface area contributed by atoms with Gasteiger partial charge in [-0.3, -0.25) is 4.68 Å². The van der Waals surface area contributed by atoms with Crippen molar-refractivity contribution >= 4 is 10.0 Å². The summed E-state index contributed by atoms with van der Waals surface area (Å²) < 4.78 is 39.9. The van der Waals surface area contributed by atoms with Crippen molar-refractivity contribution in [1.82, 2.24) is 14.1 Å². The highest BCUT2D eigenvalue weighted by atomic mass is 32.2. The van der Waals surface area contributed by atoms with Crippen LogP contribution in [0.3, 0.4) is 0 Å². The fourth-order valence-corrected chi connectivity index (χ4v) is 4.50. The van der Waals surface area contributed by atoms with Gasteiger partial charge in [-0.1, -0.05) is 30.3 Å². The number of hydrogen-bond donors (Lipinski definition) is 0. The van der Waals surface area contributed by atoms with Gasteiger partial charge in [0.05, 0.1) is 32.1 Å². The zero-order valence-electron chi connectivity index (χ0n) is 15.7. The summed E-state index contributed by atoms with van der Waals surface area (Å²) in [4.78, 5) is 0.262. The molecule has 0 atom stereocenters. The Hall–Kier alpha value is -1.74. The maximum atomic E-state index is 12.7. The number of sulfonamides is 1. The zero-order valence-corrected chi connectivity index (χ0v) is 16.5. The van der Waals surface area contributed by atoms with E-state index in [0.717, 1.165) is 5.56 Å². The van der Waals surface area contributed by atoms with Gasteiger partial charge in [0.1, 0.15) is 4.90 Å². The lowest BCUT2D eigenvalue weighted by molar-refractivity contribution is -0.0175. The molecule has 1 aliphatic heterocycles. The van der Waals surface area contributed by atoms with Crippen molar-refractivity contribution < 1.29 is 17.9 Å². The molecule has 0 unspecified atom stereocenters. The molecule has 7 nitrogen and oxygen atoms in total. The van der Waals surface area contributed by atoms with Gasteiger partial charge in [-0.05, 0) is 25.3 Å². The Labute approximate surface area is 160 Å². The minimum Gasteiger partial charge on any atom is -0.376 e. The molecule has 27 heavy (non-hydrogen) atoms. The number of benzene rings is 1. The number of hydrogen-bond acceptors (Lipinski definition) is 5. The molecule has 2 heterocycles. The summed E-state index contributed by atoms with van der Waals surface area (Å²) in [5.41, 5.74) is 1.14. The standard InChI is InChI=1S/C19H27N3O4S/c1-2-21-15-19(14-20-21)27(23,24)22-10-8-18(9-11-22)26-13-12-25-16-17-6-4-3-5-7-17/h3-7,14-15,18H,2,8-13,16H2,1H3. The van der Waals surface area contributed by atoms with Crippen molar-refractivity contribution in [3.05, 3.63) is 48.3 Å². The number of nitrogens with zero attached hydrogens (tertiary/aromatic N) is 3. The third-order valence-electron chi connectivity index (χ3n) is 4.67. The molecule has 148 valence electrons. The van der Waals surface area contributed by atoms with Gasteiger partial charge in [-0.25, -0.2) is 8.42 Å². The van der Waals surface area contributed by atoms with Crippen molar-refractivity contribution in [2.45, 2.75) is 43.9 Å². The van der Waals surface area contributed by atoms with Crippen LogP contribution in [0.5, 0.6) is 0 Å². The molecular weight excluding hydrogens is 366 g/mol. The molecule has 0 saturated carbocycles. The van der Waals surface area contributed by atoms with E-state index in [-0.39, 0.29) is 11.0 Å². The van der Waals surface area contributed by atoms with Crippen LogP contribution in [0, 0.1) is 0 Å². The van der Waals surface area contributed by atoms with E-state index >= 15 is 0 Å². The van der Waals surface area contributed by atoms with E-state index in [0.29, 0.717) is 52.3 Å². The second-order valence-electron chi connectivity index (χ2n) is 6.54. The minimum atomic E-state index is -3.46. The first-order valence-electron chi connectivity index (χ1n) is 9.35. The quantitative estimate of drug-likeness (QED) is 0.611.